The molecular weight excluding hydrogens is 573 g/mol. The van der Waals surface area contributed by atoms with E-state index in [1.807, 2.05) is 48.5 Å². The zero-order valence-electron chi connectivity index (χ0n) is 27.1. The predicted octanol–water partition coefficient (Wildman–Crippen LogP) is 9.08. The van der Waals surface area contributed by atoms with Crippen LogP contribution in [0.15, 0.2) is 132 Å². The Morgan fingerprint density at radius 1 is 0.523 bits per heavy atom. The normalized spacial score (nSPS) is 12.6. The van der Waals surface area contributed by atoms with Gasteiger partial charge in [0.15, 0.2) is 22.3 Å². The molecule has 5 nitrogen and oxygen atoms in total. The first kappa shape index (κ1) is 32.8. The number of benzene rings is 4. The predicted molar refractivity (Wildman–Crippen MR) is 191 cm³/mol. The average molecular weight is 619 g/mol. The molecule has 0 unspecified atom stereocenters. The smallest absolute Gasteiger partial charge is 0.169 e. The van der Waals surface area contributed by atoms with Gasteiger partial charge in [0.2, 0.25) is 0 Å². The Morgan fingerprint density at radius 3 is 1.34 bits per heavy atom. The molecule has 4 aromatic rings. The van der Waals surface area contributed by atoms with Crippen molar-refractivity contribution in [3.05, 3.63) is 144 Å². The Hall–Kier alpha value is -4.08. The van der Waals surface area contributed by atoms with Crippen molar-refractivity contribution in [3.63, 3.8) is 0 Å². The van der Waals surface area contributed by atoms with E-state index in [1.165, 1.54) is 11.1 Å². The van der Waals surface area contributed by atoms with Crippen molar-refractivity contribution in [1.29, 1.82) is 0 Å². The number of hydrogen-bond donors (Lipinski definition) is 0. The van der Waals surface area contributed by atoms with Crippen LogP contribution in [0.5, 0.6) is 0 Å². The van der Waals surface area contributed by atoms with Crippen LogP contribution >= 0.6 is 0 Å². The van der Waals surface area contributed by atoms with Crippen molar-refractivity contribution in [3.8, 4) is 0 Å². The van der Waals surface area contributed by atoms with Crippen LogP contribution in [0.2, 0.25) is 39.3 Å². The molecule has 0 bridgehead atoms. The van der Waals surface area contributed by atoms with Crippen LogP contribution in [0, 0.1) is 0 Å². The minimum Gasteiger partial charge on any atom is -0.320 e. The van der Waals surface area contributed by atoms with Gasteiger partial charge >= 0.3 is 0 Å². The zero-order valence-corrected chi connectivity index (χ0v) is 29.1. The highest BCUT2D eigenvalue weighted by molar-refractivity contribution is 6.73. The second-order valence-corrected chi connectivity index (χ2v) is 22.9. The van der Waals surface area contributed by atoms with Gasteiger partial charge in [0.05, 0.1) is 30.9 Å². The van der Waals surface area contributed by atoms with E-state index in [0.29, 0.717) is 18.5 Å². The molecular formula is C37H46N4OSi2. The minimum absolute atomic E-state index is 0.0679. The fraction of sp³-hybridized carbons (Fsp3) is 0.270. The van der Waals surface area contributed by atoms with E-state index in [-0.39, 0.29) is 12.2 Å². The molecule has 0 aliphatic rings. The maximum absolute atomic E-state index is 13.7. The number of nitrogens with zero attached hydrogens (tertiary/aromatic N) is 4. The molecule has 44 heavy (non-hydrogen) atoms. The third kappa shape index (κ3) is 9.99. The van der Waals surface area contributed by atoms with Crippen LogP contribution in [0.3, 0.4) is 0 Å². The van der Waals surface area contributed by atoms with E-state index in [0.717, 1.165) is 23.5 Å². The fourth-order valence-electron chi connectivity index (χ4n) is 4.74. The lowest BCUT2D eigenvalue weighted by Gasteiger charge is -2.34. The molecule has 0 aliphatic carbocycles. The Balaban J connectivity index is 1.79. The fourth-order valence-corrected chi connectivity index (χ4v) is 6.91. The van der Waals surface area contributed by atoms with Gasteiger partial charge in [0.25, 0.3) is 0 Å². The number of hydrogen-bond acceptors (Lipinski definition) is 5. The zero-order chi connectivity index (χ0) is 31.6. The number of carbonyl (C=O) groups excluding carboxylic acids is 1. The summed E-state index contributed by atoms with van der Waals surface area (Å²) in [7, 11) is -3.79. The summed E-state index contributed by atoms with van der Waals surface area (Å²) in [6.07, 6.45) is 0.714. The maximum atomic E-state index is 13.7. The van der Waals surface area contributed by atoms with Crippen molar-refractivity contribution in [2.75, 3.05) is 0 Å². The summed E-state index contributed by atoms with van der Waals surface area (Å²) in [6.45, 7) is 15.3. The molecule has 0 radical (unpaired) electrons. The lowest BCUT2D eigenvalue weighted by Crippen LogP contribution is -2.43. The number of rotatable bonds is 14. The van der Waals surface area contributed by atoms with E-state index in [9.17, 15) is 4.79 Å². The van der Waals surface area contributed by atoms with Gasteiger partial charge in [-0.25, -0.2) is 0 Å². The van der Waals surface area contributed by atoms with E-state index in [4.69, 9.17) is 10.2 Å². The van der Waals surface area contributed by atoms with Gasteiger partial charge in [0.1, 0.15) is 0 Å². The Bertz CT molecular complexity index is 1530. The molecule has 0 saturated heterocycles. The van der Waals surface area contributed by atoms with Gasteiger partial charge in [-0.2, -0.15) is 10.2 Å². The van der Waals surface area contributed by atoms with E-state index < -0.39 is 16.5 Å². The summed E-state index contributed by atoms with van der Waals surface area (Å²) in [6, 6.07) is 40.9. The summed E-state index contributed by atoms with van der Waals surface area (Å²) in [5.74, 6) is 0.0679. The van der Waals surface area contributed by atoms with Crippen molar-refractivity contribution < 1.29 is 4.79 Å². The standard InChI is InChI=1S/C37H46N4OSi2/c1-43(2,3)40(29-31-19-11-7-12-20-31)38-35(28-37(42)34-25-17-10-18-26-34)27-36(33-23-15-9-16-24-33)39-41(44(4,5)6)30-32-21-13-8-14-22-32/h7-26H,27-30H2,1-6H3. The average Bonchev–Trinajstić information content (AvgIpc) is 3.01. The highest BCUT2D eigenvalue weighted by Gasteiger charge is 2.27. The number of Topliss-reactive ketones (excluding diaryl/α,β-unsaturated/α-hetero) is 1. The van der Waals surface area contributed by atoms with Crippen LogP contribution in [0.4, 0.5) is 0 Å². The molecule has 0 atom stereocenters. The number of ketones is 1. The highest BCUT2D eigenvalue weighted by Crippen LogP contribution is 2.21. The molecule has 0 amide bonds. The molecule has 0 N–H and O–H groups in total. The largest absolute Gasteiger partial charge is 0.320 e. The summed E-state index contributed by atoms with van der Waals surface area (Å²) in [5, 5.41) is 10.7. The van der Waals surface area contributed by atoms with E-state index in [1.54, 1.807) is 0 Å². The minimum atomic E-state index is -1.91. The topological polar surface area (TPSA) is 48.3 Å². The van der Waals surface area contributed by atoms with Gasteiger partial charge < -0.3 is 9.35 Å². The monoisotopic (exact) mass is 618 g/mol. The molecule has 0 saturated carbocycles. The molecule has 0 aromatic heterocycles. The van der Waals surface area contributed by atoms with Gasteiger partial charge in [-0.05, 0) is 16.7 Å². The van der Waals surface area contributed by atoms with Gasteiger partial charge in [-0.3, -0.25) is 4.79 Å². The van der Waals surface area contributed by atoms with Crippen molar-refractivity contribution in [2.24, 2.45) is 10.2 Å². The van der Waals surface area contributed by atoms with Crippen LogP contribution < -0.4 is 0 Å². The molecule has 0 heterocycles. The maximum Gasteiger partial charge on any atom is 0.169 e. The molecule has 0 spiro atoms. The summed E-state index contributed by atoms with van der Waals surface area (Å²) >= 11 is 0. The summed E-state index contributed by atoms with van der Waals surface area (Å²) in [5.41, 5.74) is 5.94. The lowest BCUT2D eigenvalue weighted by atomic mass is 9.99. The van der Waals surface area contributed by atoms with Crippen LogP contribution in [0.25, 0.3) is 0 Å². The first-order valence-corrected chi connectivity index (χ1v) is 22.3. The third-order valence-electron chi connectivity index (χ3n) is 7.34. The van der Waals surface area contributed by atoms with Crippen LogP contribution in [-0.4, -0.2) is 43.0 Å². The quantitative estimate of drug-likeness (QED) is 0.0613. The first-order valence-electron chi connectivity index (χ1n) is 15.4. The van der Waals surface area contributed by atoms with E-state index >= 15 is 0 Å². The Labute approximate surface area is 266 Å². The molecule has 0 aliphatic heterocycles. The molecule has 4 rings (SSSR count). The summed E-state index contributed by atoms with van der Waals surface area (Å²) in [4.78, 5) is 13.7. The van der Waals surface area contributed by atoms with Gasteiger partial charge in [-0.15, -0.1) is 0 Å². The van der Waals surface area contributed by atoms with Gasteiger partial charge in [-0.1, -0.05) is 161 Å². The van der Waals surface area contributed by atoms with Crippen LogP contribution in [0.1, 0.15) is 39.9 Å². The number of carbonyl (C=O) groups is 1. The van der Waals surface area contributed by atoms with Crippen molar-refractivity contribution in [1.82, 2.24) is 9.35 Å². The van der Waals surface area contributed by atoms with Crippen molar-refractivity contribution in [2.45, 2.75) is 65.2 Å². The van der Waals surface area contributed by atoms with Gasteiger partial charge in [0, 0.05) is 12.0 Å². The van der Waals surface area contributed by atoms with E-state index in [2.05, 4.69) is 121 Å². The molecule has 7 heteroatoms. The highest BCUT2D eigenvalue weighted by atomic mass is 28.3. The van der Waals surface area contributed by atoms with Crippen molar-refractivity contribution >= 4 is 33.7 Å². The third-order valence-corrected chi connectivity index (χ3v) is 11.0. The second kappa shape index (κ2) is 15.1. The van der Waals surface area contributed by atoms with Crippen LogP contribution in [-0.2, 0) is 13.1 Å². The molecule has 4 aromatic carbocycles. The molecule has 228 valence electrons. The second-order valence-electron chi connectivity index (χ2n) is 13.1. The Kier molecular flexibility index (Phi) is 11.3. The Morgan fingerprint density at radius 2 is 0.909 bits per heavy atom. The number of hydrazone groups is 2. The first-order chi connectivity index (χ1) is 21.0. The lowest BCUT2D eigenvalue weighted by molar-refractivity contribution is 0.1000. The SMILES string of the molecule is C[Si](C)(C)N(Cc1ccccc1)N=C(CC(=O)c1ccccc1)CC(=NN(Cc1ccccc1)[Si](C)(C)C)c1ccccc1. The summed E-state index contributed by atoms with van der Waals surface area (Å²) < 4.78 is 4.54. The molecule has 0 fully saturated rings.